The molecule has 2 rings (SSSR count). The summed E-state index contributed by atoms with van der Waals surface area (Å²) in [7, 11) is 0. The summed E-state index contributed by atoms with van der Waals surface area (Å²) in [6, 6.07) is 7.53. The molecule has 0 saturated heterocycles. The average molecular weight is 230 g/mol. The van der Waals surface area contributed by atoms with Gasteiger partial charge >= 0.3 is 0 Å². The quantitative estimate of drug-likeness (QED) is 0.821. The zero-order chi connectivity index (χ0) is 12.3. The number of benzene rings is 1. The van der Waals surface area contributed by atoms with Crippen LogP contribution in [0.5, 0.6) is 5.75 Å². The number of carbonyl (C=O) groups excluding carboxylic acids is 1. The molecule has 2 aromatic rings. The number of H-pyrrole nitrogens is 1. The molecule has 0 amide bonds. The molecule has 4 nitrogen and oxygen atoms in total. The highest BCUT2D eigenvalue weighted by atomic mass is 16.5. The maximum atomic E-state index is 10.8. The Labute approximate surface area is 99.7 Å². The van der Waals surface area contributed by atoms with Gasteiger partial charge < -0.3 is 9.72 Å². The monoisotopic (exact) mass is 230 g/mol. The molecular weight excluding hydrogens is 216 g/mol. The molecule has 1 aromatic carbocycles. The second kappa shape index (κ2) is 4.82. The van der Waals surface area contributed by atoms with Crippen LogP contribution in [-0.4, -0.2) is 22.4 Å². The Hall–Kier alpha value is -2.10. The summed E-state index contributed by atoms with van der Waals surface area (Å²) < 4.78 is 5.55. The number of nitrogens with one attached hydrogen (secondary N) is 1. The molecule has 0 fully saturated rings. The molecule has 0 aliphatic heterocycles. The van der Waals surface area contributed by atoms with E-state index in [2.05, 4.69) is 9.97 Å². The Kier molecular flexibility index (Phi) is 3.23. The SMILES string of the molecule is CC(C)Oc1ccc(-c2nc[nH]c2C=O)cc1. The summed E-state index contributed by atoms with van der Waals surface area (Å²) in [5.74, 6) is 0.812. The van der Waals surface area contributed by atoms with Crippen LogP contribution in [0.3, 0.4) is 0 Å². The van der Waals surface area contributed by atoms with E-state index in [-0.39, 0.29) is 6.10 Å². The van der Waals surface area contributed by atoms with Crippen molar-refractivity contribution in [1.29, 1.82) is 0 Å². The van der Waals surface area contributed by atoms with Crippen molar-refractivity contribution in [2.45, 2.75) is 20.0 Å². The number of aldehydes is 1. The molecule has 1 aromatic heterocycles. The predicted molar refractivity (Wildman–Crippen MR) is 65.2 cm³/mol. The van der Waals surface area contributed by atoms with E-state index < -0.39 is 0 Å². The molecule has 0 saturated carbocycles. The maximum absolute atomic E-state index is 10.8. The Morgan fingerprint density at radius 1 is 1.29 bits per heavy atom. The Bertz CT molecular complexity index is 500. The molecule has 88 valence electrons. The van der Waals surface area contributed by atoms with Gasteiger partial charge in [0.05, 0.1) is 18.1 Å². The van der Waals surface area contributed by atoms with Crippen LogP contribution in [0.1, 0.15) is 24.3 Å². The molecule has 4 heteroatoms. The fourth-order valence-electron chi connectivity index (χ4n) is 1.59. The molecule has 1 N–H and O–H groups in total. The van der Waals surface area contributed by atoms with E-state index in [0.29, 0.717) is 11.4 Å². The van der Waals surface area contributed by atoms with E-state index in [9.17, 15) is 4.79 Å². The number of aromatic amines is 1. The highest BCUT2D eigenvalue weighted by Gasteiger charge is 2.07. The van der Waals surface area contributed by atoms with Gasteiger partial charge in [0.1, 0.15) is 11.4 Å². The first-order valence-electron chi connectivity index (χ1n) is 5.46. The average Bonchev–Trinajstić information content (AvgIpc) is 2.77. The van der Waals surface area contributed by atoms with Gasteiger partial charge in [0.15, 0.2) is 6.29 Å². The van der Waals surface area contributed by atoms with Crippen LogP contribution in [0, 0.1) is 0 Å². The van der Waals surface area contributed by atoms with Gasteiger partial charge in [-0.2, -0.15) is 0 Å². The topological polar surface area (TPSA) is 55.0 Å². The van der Waals surface area contributed by atoms with Crippen molar-refractivity contribution >= 4 is 6.29 Å². The summed E-state index contributed by atoms with van der Waals surface area (Å²) >= 11 is 0. The van der Waals surface area contributed by atoms with Crippen LogP contribution in [0.2, 0.25) is 0 Å². The van der Waals surface area contributed by atoms with Gasteiger partial charge in [0.25, 0.3) is 0 Å². The smallest absolute Gasteiger partial charge is 0.168 e. The summed E-state index contributed by atoms with van der Waals surface area (Å²) in [4.78, 5) is 17.7. The first-order valence-corrected chi connectivity index (χ1v) is 5.46. The Balaban J connectivity index is 2.26. The van der Waals surface area contributed by atoms with Crippen molar-refractivity contribution in [1.82, 2.24) is 9.97 Å². The van der Waals surface area contributed by atoms with Crippen LogP contribution >= 0.6 is 0 Å². The van der Waals surface area contributed by atoms with E-state index in [4.69, 9.17) is 4.74 Å². The van der Waals surface area contributed by atoms with E-state index >= 15 is 0 Å². The summed E-state index contributed by atoms with van der Waals surface area (Å²) in [5.41, 5.74) is 2.04. The minimum atomic E-state index is 0.150. The molecule has 0 radical (unpaired) electrons. The van der Waals surface area contributed by atoms with Crippen LogP contribution in [0.15, 0.2) is 30.6 Å². The lowest BCUT2D eigenvalue weighted by molar-refractivity contribution is 0.112. The standard InChI is InChI=1S/C13H14N2O2/c1-9(2)17-11-5-3-10(4-6-11)13-12(7-16)14-8-15-13/h3-9H,1-2H3,(H,14,15). The van der Waals surface area contributed by atoms with E-state index in [0.717, 1.165) is 17.6 Å². The first kappa shape index (κ1) is 11.4. The highest BCUT2D eigenvalue weighted by molar-refractivity contribution is 5.83. The minimum absolute atomic E-state index is 0.150. The van der Waals surface area contributed by atoms with Crippen LogP contribution in [0.25, 0.3) is 11.3 Å². The third-order valence-electron chi connectivity index (χ3n) is 2.29. The zero-order valence-corrected chi connectivity index (χ0v) is 9.81. The number of nitrogens with zero attached hydrogens (tertiary/aromatic N) is 1. The van der Waals surface area contributed by atoms with Gasteiger partial charge in [0.2, 0.25) is 0 Å². The number of ether oxygens (including phenoxy) is 1. The molecular formula is C13H14N2O2. The van der Waals surface area contributed by atoms with Crippen molar-refractivity contribution in [2.75, 3.05) is 0 Å². The van der Waals surface area contributed by atoms with Gasteiger partial charge in [-0.1, -0.05) is 0 Å². The lowest BCUT2D eigenvalue weighted by Crippen LogP contribution is -2.05. The van der Waals surface area contributed by atoms with Crippen molar-refractivity contribution in [2.24, 2.45) is 0 Å². The number of hydrogen-bond donors (Lipinski definition) is 1. The van der Waals surface area contributed by atoms with Crippen LogP contribution < -0.4 is 4.74 Å². The number of hydrogen-bond acceptors (Lipinski definition) is 3. The summed E-state index contributed by atoms with van der Waals surface area (Å²) in [6.07, 6.45) is 2.43. The number of imidazole rings is 1. The third-order valence-corrected chi connectivity index (χ3v) is 2.29. The van der Waals surface area contributed by atoms with Crippen molar-refractivity contribution in [3.05, 3.63) is 36.3 Å². The third kappa shape index (κ3) is 2.53. The van der Waals surface area contributed by atoms with Gasteiger partial charge in [-0.25, -0.2) is 4.98 Å². The number of aromatic nitrogens is 2. The lowest BCUT2D eigenvalue weighted by Gasteiger charge is -2.09. The molecule has 0 atom stereocenters. The lowest BCUT2D eigenvalue weighted by atomic mass is 10.1. The van der Waals surface area contributed by atoms with Crippen molar-refractivity contribution in [3.8, 4) is 17.0 Å². The molecule has 0 bridgehead atoms. The fourth-order valence-corrected chi connectivity index (χ4v) is 1.59. The highest BCUT2D eigenvalue weighted by Crippen LogP contribution is 2.22. The fraction of sp³-hybridized carbons (Fsp3) is 0.231. The molecule has 17 heavy (non-hydrogen) atoms. The second-order valence-electron chi connectivity index (χ2n) is 3.97. The second-order valence-corrected chi connectivity index (χ2v) is 3.97. The summed E-state index contributed by atoms with van der Waals surface area (Å²) in [5, 5.41) is 0. The van der Waals surface area contributed by atoms with Crippen molar-refractivity contribution in [3.63, 3.8) is 0 Å². The van der Waals surface area contributed by atoms with Crippen LogP contribution in [0.4, 0.5) is 0 Å². The van der Waals surface area contributed by atoms with Crippen LogP contribution in [-0.2, 0) is 0 Å². The first-order chi connectivity index (χ1) is 8.20. The normalized spacial score (nSPS) is 10.5. The van der Waals surface area contributed by atoms with Gasteiger partial charge in [-0.05, 0) is 38.1 Å². The number of rotatable bonds is 4. The zero-order valence-electron chi connectivity index (χ0n) is 9.81. The molecule has 1 heterocycles. The molecule has 0 spiro atoms. The number of carbonyl (C=O) groups is 1. The van der Waals surface area contributed by atoms with Gasteiger partial charge in [-0.15, -0.1) is 0 Å². The van der Waals surface area contributed by atoms with E-state index in [1.165, 1.54) is 6.33 Å². The van der Waals surface area contributed by atoms with Gasteiger partial charge in [-0.3, -0.25) is 4.79 Å². The molecule has 0 aliphatic rings. The minimum Gasteiger partial charge on any atom is -0.491 e. The summed E-state index contributed by atoms with van der Waals surface area (Å²) in [6.45, 7) is 3.96. The Morgan fingerprint density at radius 2 is 2.00 bits per heavy atom. The largest absolute Gasteiger partial charge is 0.491 e. The molecule has 0 aliphatic carbocycles. The van der Waals surface area contributed by atoms with Crippen molar-refractivity contribution < 1.29 is 9.53 Å². The predicted octanol–water partition coefficient (Wildman–Crippen LogP) is 2.68. The molecule has 0 unspecified atom stereocenters. The maximum Gasteiger partial charge on any atom is 0.168 e. The Morgan fingerprint density at radius 3 is 2.59 bits per heavy atom. The van der Waals surface area contributed by atoms with E-state index in [1.54, 1.807) is 0 Å². The van der Waals surface area contributed by atoms with Gasteiger partial charge in [0, 0.05) is 5.56 Å². The van der Waals surface area contributed by atoms with E-state index in [1.807, 2.05) is 38.1 Å².